The van der Waals surface area contributed by atoms with Crippen LogP contribution in [0.5, 0.6) is 0 Å². The molecule has 1 N–H and O–H groups in total. The van der Waals surface area contributed by atoms with Gasteiger partial charge in [-0.3, -0.25) is 0 Å². The van der Waals surface area contributed by atoms with Crippen molar-refractivity contribution in [3.8, 4) is 0 Å². The van der Waals surface area contributed by atoms with Gasteiger partial charge >= 0.3 is 6.03 Å². The molecule has 0 aromatic carbocycles. The molecule has 0 radical (unpaired) electrons. The first-order valence-corrected chi connectivity index (χ1v) is 9.19. The van der Waals surface area contributed by atoms with Gasteiger partial charge in [-0.2, -0.15) is 0 Å². The molecule has 1 fully saturated rings. The Morgan fingerprint density at radius 1 is 1.22 bits per heavy atom. The lowest BCUT2D eigenvalue weighted by Gasteiger charge is -2.35. The third-order valence-electron chi connectivity index (χ3n) is 4.79. The maximum atomic E-state index is 12.4. The number of rotatable bonds is 5. The zero-order chi connectivity index (χ0) is 18.6. The molecule has 27 heavy (non-hydrogen) atoms. The van der Waals surface area contributed by atoms with Crippen LogP contribution in [0.1, 0.15) is 12.7 Å². The number of hydrogen-bond donors (Lipinski definition) is 1. The molecule has 0 unspecified atom stereocenters. The minimum absolute atomic E-state index is 0.0322. The number of carbonyl (C=O) groups excluding carboxylic acids is 1. The fraction of sp³-hybridized carbons (Fsp3) is 0.471. The topological polar surface area (TPSA) is 96.5 Å². The van der Waals surface area contributed by atoms with E-state index < -0.39 is 0 Å². The normalized spacial score (nSPS) is 14.7. The van der Waals surface area contributed by atoms with Gasteiger partial charge in [0.2, 0.25) is 0 Å². The second-order valence-corrected chi connectivity index (χ2v) is 6.41. The SMILES string of the molecule is CCn1cnnc1CCNC(=O)N1CCN(c2ccc3nccn3n2)CC1. The Morgan fingerprint density at radius 3 is 2.89 bits per heavy atom. The average molecular weight is 369 g/mol. The number of nitrogens with one attached hydrogen (secondary N) is 1. The van der Waals surface area contributed by atoms with E-state index in [-0.39, 0.29) is 6.03 Å². The predicted octanol–water partition coefficient (Wildman–Crippen LogP) is 0.415. The van der Waals surface area contributed by atoms with Crippen molar-refractivity contribution in [2.24, 2.45) is 0 Å². The minimum Gasteiger partial charge on any atom is -0.352 e. The van der Waals surface area contributed by atoms with E-state index in [1.54, 1.807) is 17.0 Å². The molecule has 1 saturated heterocycles. The van der Waals surface area contributed by atoms with E-state index in [9.17, 15) is 4.79 Å². The van der Waals surface area contributed by atoms with Crippen LogP contribution < -0.4 is 10.2 Å². The number of amides is 2. The van der Waals surface area contributed by atoms with E-state index in [4.69, 9.17) is 0 Å². The van der Waals surface area contributed by atoms with Gasteiger partial charge in [-0.1, -0.05) is 0 Å². The molecule has 142 valence electrons. The van der Waals surface area contributed by atoms with E-state index in [2.05, 4.69) is 30.5 Å². The molecule has 0 aliphatic carbocycles. The number of carbonyl (C=O) groups is 1. The van der Waals surface area contributed by atoms with Crippen LogP contribution in [0.15, 0.2) is 30.9 Å². The van der Waals surface area contributed by atoms with Crippen molar-refractivity contribution in [3.63, 3.8) is 0 Å². The second-order valence-electron chi connectivity index (χ2n) is 6.41. The number of urea groups is 1. The van der Waals surface area contributed by atoms with Gasteiger partial charge in [0.25, 0.3) is 0 Å². The zero-order valence-electron chi connectivity index (χ0n) is 15.3. The molecule has 0 atom stereocenters. The number of aromatic nitrogens is 6. The quantitative estimate of drug-likeness (QED) is 0.700. The number of piperazine rings is 1. The molecule has 3 aromatic rings. The summed E-state index contributed by atoms with van der Waals surface area (Å²) >= 11 is 0. The molecular weight excluding hydrogens is 346 g/mol. The molecule has 10 nitrogen and oxygen atoms in total. The molecular formula is C17H23N9O. The second kappa shape index (κ2) is 7.60. The molecule has 4 heterocycles. The standard InChI is InChI=1S/C17H23N9O/c1-2-23-13-20-21-15(23)5-6-19-17(27)25-11-9-24(10-12-25)16-4-3-14-18-7-8-26(14)22-16/h3-4,7-8,13H,2,5-6,9-12H2,1H3,(H,19,27). The Hall–Kier alpha value is -3.17. The Balaban J connectivity index is 1.26. The summed E-state index contributed by atoms with van der Waals surface area (Å²) in [6, 6.07) is 3.90. The highest BCUT2D eigenvalue weighted by Crippen LogP contribution is 2.14. The number of imidazole rings is 1. The Bertz CT molecular complexity index is 910. The Kier molecular flexibility index (Phi) is 4.86. The fourth-order valence-corrected chi connectivity index (χ4v) is 3.24. The van der Waals surface area contributed by atoms with Crippen LogP contribution in [0.3, 0.4) is 0 Å². The molecule has 0 spiro atoms. The van der Waals surface area contributed by atoms with E-state index in [0.29, 0.717) is 26.1 Å². The summed E-state index contributed by atoms with van der Waals surface area (Å²) in [7, 11) is 0. The largest absolute Gasteiger partial charge is 0.352 e. The van der Waals surface area contributed by atoms with Crippen molar-refractivity contribution in [2.75, 3.05) is 37.6 Å². The van der Waals surface area contributed by atoms with Gasteiger partial charge in [-0.15, -0.1) is 15.3 Å². The summed E-state index contributed by atoms with van der Waals surface area (Å²) in [5, 5.41) is 15.5. The Labute approximate surface area is 156 Å². The first-order valence-electron chi connectivity index (χ1n) is 9.19. The van der Waals surface area contributed by atoms with Crippen molar-refractivity contribution in [3.05, 3.63) is 36.7 Å². The highest BCUT2D eigenvalue weighted by molar-refractivity contribution is 5.74. The van der Waals surface area contributed by atoms with Crippen LogP contribution in [0.2, 0.25) is 0 Å². The van der Waals surface area contributed by atoms with Gasteiger partial charge in [0.1, 0.15) is 18.0 Å². The van der Waals surface area contributed by atoms with Crippen LogP contribution in [-0.2, 0) is 13.0 Å². The summed E-state index contributed by atoms with van der Waals surface area (Å²) in [6.45, 7) is 6.27. The molecule has 2 amide bonds. The lowest BCUT2D eigenvalue weighted by atomic mass is 10.3. The first kappa shape index (κ1) is 17.3. The number of fused-ring (bicyclic) bond motifs is 1. The lowest BCUT2D eigenvalue weighted by Crippen LogP contribution is -2.52. The van der Waals surface area contributed by atoms with Gasteiger partial charge in [0.15, 0.2) is 5.65 Å². The van der Waals surface area contributed by atoms with Gasteiger partial charge in [-0.25, -0.2) is 14.3 Å². The highest BCUT2D eigenvalue weighted by Gasteiger charge is 2.22. The van der Waals surface area contributed by atoms with Crippen LogP contribution in [-0.4, -0.2) is 73.0 Å². The van der Waals surface area contributed by atoms with Gasteiger partial charge < -0.3 is 19.7 Å². The first-order chi connectivity index (χ1) is 13.2. The van der Waals surface area contributed by atoms with Crippen molar-refractivity contribution in [1.82, 2.24) is 39.6 Å². The van der Waals surface area contributed by atoms with Gasteiger partial charge in [-0.05, 0) is 19.1 Å². The van der Waals surface area contributed by atoms with E-state index >= 15 is 0 Å². The molecule has 4 rings (SSSR count). The van der Waals surface area contributed by atoms with Crippen molar-refractivity contribution < 1.29 is 4.79 Å². The summed E-state index contributed by atoms with van der Waals surface area (Å²) in [6.07, 6.45) is 5.96. The van der Waals surface area contributed by atoms with Crippen LogP contribution >= 0.6 is 0 Å². The number of hydrogen-bond acceptors (Lipinski definition) is 6. The summed E-state index contributed by atoms with van der Waals surface area (Å²) < 4.78 is 3.75. The number of nitrogens with zero attached hydrogens (tertiary/aromatic N) is 8. The van der Waals surface area contributed by atoms with Gasteiger partial charge in [0, 0.05) is 58.1 Å². The maximum Gasteiger partial charge on any atom is 0.317 e. The van der Waals surface area contributed by atoms with Crippen LogP contribution in [0.4, 0.5) is 10.6 Å². The monoisotopic (exact) mass is 369 g/mol. The fourth-order valence-electron chi connectivity index (χ4n) is 3.24. The smallest absolute Gasteiger partial charge is 0.317 e. The summed E-state index contributed by atoms with van der Waals surface area (Å²) in [4.78, 5) is 20.6. The number of aryl methyl sites for hydroxylation is 1. The number of anilines is 1. The molecule has 0 bridgehead atoms. The molecule has 0 saturated carbocycles. The molecule has 10 heteroatoms. The van der Waals surface area contributed by atoms with Crippen molar-refractivity contribution in [2.45, 2.75) is 19.9 Å². The van der Waals surface area contributed by atoms with Crippen molar-refractivity contribution in [1.29, 1.82) is 0 Å². The average Bonchev–Trinajstić information content (AvgIpc) is 3.36. The van der Waals surface area contributed by atoms with Crippen LogP contribution in [0.25, 0.3) is 5.65 Å². The van der Waals surface area contributed by atoms with E-state index in [0.717, 1.165) is 36.9 Å². The van der Waals surface area contributed by atoms with E-state index in [1.807, 2.05) is 34.7 Å². The summed E-state index contributed by atoms with van der Waals surface area (Å²) in [5.74, 6) is 1.79. The minimum atomic E-state index is -0.0322. The van der Waals surface area contributed by atoms with Gasteiger partial charge in [0.05, 0.1) is 0 Å². The summed E-state index contributed by atoms with van der Waals surface area (Å²) in [5.41, 5.74) is 0.829. The maximum absolute atomic E-state index is 12.4. The lowest BCUT2D eigenvalue weighted by molar-refractivity contribution is 0.194. The van der Waals surface area contributed by atoms with Crippen LogP contribution in [0, 0.1) is 0 Å². The third-order valence-corrected chi connectivity index (χ3v) is 4.79. The third kappa shape index (κ3) is 3.69. The van der Waals surface area contributed by atoms with E-state index in [1.165, 1.54) is 0 Å². The predicted molar refractivity (Wildman–Crippen MR) is 99.6 cm³/mol. The van der Waals surface area contributed by atoms with Crippen molar-refractivity contribution >= 4 is 17.5 Å². The molecule has 1 aliphatic heterocycles. The molecule has 1 aliphatic rings. The Morgan fingerprint density at radius 2 is 2.07 bits per heavy atom. The zero-order valence-corrected chi connectivity index (χ0v) is 15.3. The highest BCUT2D eigenvalue weighted by atomic mass is 16.2. The molecule has 3 aromatic heterocycles.